The lowest BCUT2D eigenvalue weighted by Gasteiger charge is -2.04. The number of nitriles is 1. The summed E-state index contributed by atoms with van der Waals surface area (Å²) in [6, 6.07) is 2.43. The lowest BCUT2D eigenvalue weighted by molar-refractivity contribution is 1.07. The van der Waals surface area contributed by atoms with Crippen molar-refractivity contribution in [1.29, 1.82) is 5.26 Å². The summed E-state index contributed by atoms with van der Waals surface area (Å²) in [5.74, 6) is 0.546. The fraction of sp³-hybridized carbons (Fsp3) is 0.375. The van der Waals surface area contributed by atoms with Crippen LogP contribution in [0.15, 0.2) is 6.33 Å². The largest absolute Gasteiger partial charge is 0.366 e. The Bertz CT molecular complexity index is 367. The van der Waals surface area contributed by atoms with E-state index in [1.54, 1.807) is 0 Å². The van der Waals surface area contributed by atoms with Gasteiger partial charge in [-0.15, -0.1) is 0 Å². The highest BCUT2D eigenvalue weighted by molar-refractivity contribution is 6.30. The monoisotopic (exact) mass is 194 g/mol. The summed E-state index contributed by atoms with van der Waals surface area (Å²) in [4.78, 5) is 7.69. The molecule has 1 aromatic heterocycles. The van der Waals surface area contributed by atoms with Gasteiger partial charge in [0.05, 0.1) is 0 Å². The number of nitrogens with one attached hydrogen (secondary N) is 1. The molecule has 0 radical (unpaired) electrons. The van der Waals surface area contributed by atoms with E-state index in [-0.39, 0.29) is 5.15 Å². The maximum Gasteiger partial charge on any atom is 0.152 e. The van der Waals surface area contributed by atoms with E-state index >= 15 is 0 Å². The molecule has 5 heteroatoms. The molecule has 1 aliphatic rings. The Morgan fingerprint density at radius 1 is 1.54 bits per heavy atom. The molecule has 1 fully saturated rings. The van der Waals surface area contributed by atoms with Crippen molar-refractivity contribution >= 4 is 17.4 Å². The Kier molecular flexibility index (Phi) is 2.03. The summed E-state index contributed by atoms with van der Waals surface area (Å²) in [5.41, 5.74) is 0.330. The van der Waals surface area contributed by atoms with E-state index < -0.39 is 0 Å². The first-order valence-electron chi connectivity index (χ1n) is 3.98. The molecule has 4 nitrogen and oxygen atoms in total. The highest BCUT2D eigenvalue weighted by Crippen LogP contribution is 2.26. The van der Waals surface area contributed by atoms with Crippen molar-refractivity contribution in [2.45, 2.75) is 18.9 Å². The van der Waals surface area contributed by atoms with E-state index in [4.69, 9.17) is 16.9 Å². The van der Waals surface area contributed by atoms with Gasteiger partial charge in [0.25, 0.3) is 0 Å². The summed E-state index contributed by atoms with van der Waals surface area (Å²) < 4.78 is 0. The predicted molar refractivity (Wildman–Crippen MR) is 48.4 cm³/mol. The van der Waals surface area contributed by atoms with E-state index in [1.165, 1.54) is 6.33 Å². The maximum atomic E-state index is 8.78. The van der Waals surface area contributed by atoms with Crippen LogP contribution < -0.4 is 5.32 Å². The van der Waals surface area contributed by atoms with E-state index in [2.05, 4.69) is 15.3 Å². The minimum atomic E-state index is 0.209. The van der Waals surface area contributed by atoms with Gasteiger partial charge in [-0.2, -0.15) is 5.26 Å². The molecule has 1 aliphatic carbocycles. The van der Waals surface area contributed by atoms with Gasteiger partial charge in [0.1, 0.15) is 23.8 Å². The van der Waals surface area contributed by atoms with Crippen molar-refractivity contribution in [2.75, 3.05) is 5.32 Å². The van der Waals surface area contributed by atoms with Gasteiger partial charge in [0, 0.05) is 6.04 Å². The number of hydrogen-bond donors (Lipinski definition) is 1. The van der Waals surface area contributed by atoms with E-state index in [1.807, 2.05) is 6.07 Å². The molecule has 13 heavy (non-hydrogen) atoms. The Morgan fingerprint density at radius 3 is 2.92 bits per heavy atom. The molecule has 66 valence electrons. The van der Waals surface area contributed by atoms with Crippen LogP contribution >= 0.6 is 11.6 Å². The third-order valence-electron chi connectivity index (χ3n) is 1.83. The molecular weight excluding hydrogens is 188 g/mol. The molecule has 1 aromatic rings. The SMILES string of the molecule is N#Cc1c(Cl)ncnc1NC1CC1. The minimum absolute atomic E-state index is 0.209. The molecule has 1 heterocycles. The van der Waals surface area contributed by atoms with E-state index in [0.29, 0.717) is 17.4 Å². The fourth-order valence-electron chi connectivity index (χ4n) is 0.994. The van der Waals surface area contributed by atoms with Crippen LogP contribution in [0.4, 0.5) is 5.82 Å². The molecule has 0 saturated heterocycles. The van der Waals surface area contributed by atoms with Crippen molar-refractivity contribution in [1.82, 2.24) is 9.97 Å². The number of hydrogen-bond acceptors (Lipinski definition) is 4. The van der Waals surface area contributed by atoms with Gasteiger partial charge in [-0.05, 0) is 12.8 Å². The Morgan fingerprint density at radius 2 is 2.31 bits per heavy atom. The lowest BCUT2D eigenvalue weighted by atomic mass is 10.3. The minimum Gasteiger partial charge on any atom is -0.366 e. The van der Waals surface area contributed by atoms with Crippen LogP contribution in [-0.4, -0.2) is 16.0 Å². The van der Waals surface area contributed by atoms with Crippen LogP contribution in [0.2, 0.25) is 5.15 Å². The first kappa shape index (κ1) is 8.27. The standard InChI is InChI=1S/C8H7ClN4/c9-7-6(3-10)8(12-4-11-7)13-5-1-2-5/h4-5H,1-2H2,(H,11,12,13). The third-order valence-corrected chi connectivity index (χ3v) is 2.12. The predicted octanol–water partition coefficient (Wildman–Crippen LogP) is 1.58. The quantitative estimate of drug-likeness (QED) is 0.727. The van der Waals surface area contributed by atoms with Crippen LogP contribution in [0.1, 0.15) is 18.4 Å². The second-order valence-electron chi connectivity index (χ2n) is 2.92. The average Bonchev–Trinajstić information content (AvgIpc) is 2.89. The van der Waals surface area contributed by atoms with Crippen molar-refractivity contribution in [3.05, 3.63) is 17.0 Å². The molecule has 0 aromatic carbocycles. The zero-order valence-corrected chi connectivity index (χ0v) is 7.54. The molecule has 2 rings (SSSR count). The Labute approximate surface area is 80.6 Å². The average molecular weight is 195 g/mol. The number of anilines is 1. The lowest BCUT2D eigenvalue weighted by Crippen LogP contribution is -2.05. The van der Waals surface area contributed by atoms with Crippen LogP contribution in [0.5, 0.6) is 0 Å². The van der Waals surface area contributed by atoms with Gasteiger partial charge < -0.3 is 5.32 Å². The molecule has 0 amide bonds. The molecule has 1 saturated carbocycles. The zero-order chi connectivity index (χ0) is 9.26. The molecule has 0 bridgehead atoms. The van der Waals surface area contributed by atoms with E-state index in [0.717, 1.165) is 12.8 Å². The first-order chi connectivity index (χ1) is 6.31. The second-order valence-corrected chi connectivity index (χ2v) is 3.28. The molecule has 0 atom stereocenters. The third kappa shape index (κ3) is 1.70. The van der Waals surface area contributed by atoms with Gasteiger partial charge >= 0.3 is 0 Å². The highest BCUT2D eigenvalue weighted by atomic mass is 35.5. The molecule has 0 spiro atoms. The van der Waals surface area contributed by atoms with Crippen molar-refractivity contribution < 1.29 is 0 Å². The van der Waals surface area contributed by atoms with Gasteiger partial charge in [-0.1, -0.05) is 11.6 Å². The maximum absolute atomic E-state index is 8.78. The fourth-order valence-corrected chi connectivity index (χ4v) is 1.17. The Hall–Kier alpha value is -1.34. The van der Waals surface area contributed by atoms with Crippen molar-refractivity contribution in [2.24, 2.45) is 0 Å². The van der Waals surface area contributed by atoms with Crippen LogP contribution in [-0.2, 0) is 0 Å². The topological polar surface area (TPSA) is 61.6 Å². The number of nitrogens with zero attached hydrogens (tertiary/aromatic N) is 3. The number of aromatic nitrogens is 2. The smallest absolute Gasteiger partial charge is 0.152 e. The van der Waals surface area contributed by atoms with E-state index in [9.17, 15) is 0 Å². The van der Waals surface area contributed by atoms with Gasteiger partial charge in [0.15, 0.2) is 5.15 Å². The summed E-state index contributed by atoms with van der Waals surface area (Å²) in [5, 5.41) is 12.1. The summed E-state index contributed by atoms with van der Waals surface area (Å²) in [6.45, 7) is 0. The molecule has 0 aliphatic heterocycles. The normalized spacial score (nSPS) is 15.1. The molecule has 1 N–H and O–H groups in total. The second kappa shape index (κ2) is 3.19. The van der Waals surface area contributed by atoms with Gasteiger partial charge in [-0.25, -0.2) is 9.97 Å². The van der Waals surface area contributed by atoms with Crippen molar-refractivity contribution in [3.63, 3.8) is 0 Å². The van der Waals surface area contributed by atoms with Crippen LogP contribution in [0, 0.1) is 11.3 Å². The summed E-state index contributed by atoms with van der Waals surface area (Å²) in [7, 11) is 0. The van der Waals surface area contributed by atoms with Gasteiger partial charge in [-0.3, -0.25) is 0 Å². The number of rotatable bonds is 2. The van der Waals surface area contributed by atoms with Crippen molar-refractivity contribution in [3.8, 4) is 6.07 Å². The van der Waals surface area contributed by atoms with Crippen LogP contribution in [0.25, 0.3) is 0 Å². The zero-order valence-electron chi connectivity index (χ0n) is 6.79. The van der Waals surface area contributed by atoms with Crippen LogP contribution in [0.3, 0.4) is 0 Å². The number of halogens is 1. The first-order valence-corrected chi connectivity index (χ1v) is 4.36. The molecular formula is C8H7ClN4. The Balaban J connectivity index is 2.32. The highest BCUT2D eigenvalue weighted by Gasteiger charge is 2.23. The van der Waals surface area contributed by atoms with Gasteiger partial charge in [0.2, 0.25) is 0 Å². The summed E-state index contributed by atoms with van der Waals surface area (Å²) in [6.07, 6.45) is 3.62. The summed E-state index contributed by atoms with van der Waals surface area (Å²) >= 11 is 5.72. The molecule has 0 unspecified atom stereocenters.